The maximum Gasteiger partial charge on any atom is 0.330 e. The predicted octanol–water partition coefficient (Wildman–Crippen LogP) is 2.44. The zero-order chi connectivity index (χ0) is 15.0. The molecule has 0 bridgehead atoms. The van der Waals surface area contributed by atoms with Crippen LogP contribution in [-0.4, -0.2) is 30.1 Å². The van der Waals surface area contributed by atoms with Gasteiger partial charge in [0.15, 0.2) is 5.78 Å². The molecule has 0 aliphatic heterocycles. The number of carbonyl (C=O) groups excluding carboxylic acids is 2. The van der Waals surface area contributed by atoms with Crippen LogP contribution in [-0.2, 0) is 9.53 Å². The SMILES string of the molecule is C=CC(=O)OCCOc1ccc(C(=O)/C(C)=C/O)cc1. The Balaban J connectivity index is 2.49. The Hall–Kier alpha value is -2.56. The summed E-state index contributed by atoms with van der Waals surface area (Å²) in [5, 5.41) is 8.77. The van der Waals surface area contributed by atoms with Crippen LogP contribution in [0.2, 0.25) is 0 Å². The molecule has 0 aliphatic carbocycles. The van der Waals surface area contributed by atoms with Gasteiger partial charge in [-0.2, -0.15) is 0 Å². The molecule has 5 nitrogen and oxygen atoms in total. The van der Waals surface area contributed by atoms with E-state index in [9.17, 15) is 9.59 Å². The van der Waals surface area contributed by atoms with Crippen molar-refractivity contribution in [2.75, 3.05) is 13.2 Å². The highest BCUT2D eigenvalue weighted by atomic mass is 16.6. The fraction of sp³-hybridized carbons (Fsp3) is 0.200. The Kier molecular flexibility index (Phi) is 6.03. The summed E-state index contributed by atoms with van der Waals surface area (Å²) in [6.07, 6.45) is 1.86. The molecule has 0 spiro atoms. The second kappa shape index (κ2) is 7.78. The zero-order valence-electron chi connectivity index (χ0n) is 11.2. The van der Waals surface area contributed by atoms with Gasteiger partial charge in [0.25, 0.3) is 0 Å². The van der Waals surface area contributed by atoms with Gasteiger partial charge in [0.2, 0.25) is 0 Å². The summed E-state index contributed by atoms with van der Waals surface area (Å²) < 4.78 is 10.1. The molecule has 0 aromatic heterocycles. The highest BCUT2D eigenvalue weighted by Crippen LogP contribution is 2.14. The molecule has 1 aromatic carbocycles. The number of hydrogen-bond donors (Lipinski definition) is 1. The summed E-state index contributed by atoms with van der Waals surface area (Å²) in [7, 11) is 0. The molecular weight excluding hydrogens is 260 g/mol. The van der Waals surface area contributed by atoms with Crippen LogP contribution < -0.4 is 4.74 Å². The van der Waals surface area contributed by atoms with Crippen LogP contribution in [0.25, 0.3) is 0 Å². The maximum atomic E-state index is 11.7. The number of aliphatic hydroxyl groups is 1. The number of ether oxygens (including phenoxy) is 2. The fourth-order valence-electron chi connectivity index (χ4n) is 1.35. The number of Topliss-reactive ketones (excluding diaryl/α,β-unsaturated/α-hetero) is 1. The van der Waals surface area contributed by atoms with Crippen LogP contribution in [0.3, 0.4) is 0 Å². The van der Waals surface area contributed by atoms with E-state index in [0.29, 0.717) is 11.3 Å². The second-order valence-electron chi connectivity index (χ2n) is 3.89. The first-order valence-electron chi connectivity index (χ1n) is 5.96. The molecule has 0 heterocycles. The number of benzene rings is 1. The van der Waals surface area contributed by atoms with Gasteiger partial charge in [-0.05, 0) is 31.2 Å². The van der Waals surface area contributed by atoms with Crippen molar-refractivity contribution in [2.45, 2.75) is 6.92 Å². The zero-order valence-corrected chi connectivity index (χ0v) is 11.2. The topological polar surface area (TPSA) is 72.8 Å². The van der Waals surface area contributed by atoms with Crippen LogP contribution >= 0.6 is 0 Å². The Morgan fingerprint density at radius 2 is 1.90 bits per heavy atom. The molecule has 1 aromatic rings. The Morgan fingerprint density at radius 3 is 2.45 bits per heavy atom. The molecule has 1 rings (SSSR count). The minimum atomic E-state index is -0.499. The molecule has 0 saturated carbocycles. The third-order valence-electron chi connectivity index (χ3n) is 2.43. The second-order valence-corrected chi connectivity index (χ2v) is 3.89. The lowest BCUT2D eigenvalue weighted by Crippen LogP contribution is -2.10. The predicted molar refractivity (Wildman–Crippen MR) is 73.8 cm³/mol. The van der Waals surface area contributed by atoms with E-state index in [1.807, 2.05) is 0 Å². The average Bonchev–Trinajstić information content (AvgIpc) is 2.50. The standard InChI is InChI=1S/C15H16O5/c1-3-14(17)20-9-8-19-13-6-4-12(5-7-13)15(18)11(2)10-16/h3-7,10,16H,1,8-9H2,2H3/b11-10+. The van der Waals surface area contributed by atoms with Gasteiger partial charge < -0.3 is 14.6 Å². The number of aliphatic hydroxyl groups excluding tert-OH is 1. The lowest BCUT2D eigenvalue weighted by atomic mass is 10.1. The van der Waals surface area contributed by atoms with Crippen molar-refractivity contribution in [3.8, 4) is 5.75 Å². The monoisotopic (exact) mass is 276 g/mol. The van der Waals surface area contributed by atoms with E-state index in [2.05, 4.69) is 6.58 Å². The molecule has 0 radical (unpaired) electrons. The van der Waals surface area contributed by atoms with Crippen molar-refractivity contribution >= 4 is 11.8 Å². The molecule has 5 heteroatoms. The summed E-state index contributed by atoms with van der Waals surface area (Å²) in [5.41, 5.74) is 0.716. The molecule has 1 N–H and O–H groups in total. The first-order valence-corrected chi connectivity index (χ1v) is 5.96. The summed E-state index contributed by atoms with van der Waals surface area (Å²) in [4.78, 5) is 22.5. The van der Waals surface area contributed by atoms with Crippen molar-refractivity contribution in [1.82, 2.24) is 0 Å². The van der Waals surface area contributed by atoms with Crippen LogP contribution in [0.5, 0.6) is 5.75 Å². The van der Waals surface area contributed by atoms with Crippen molar-refractivity contribution in [2.24, 2.45) is 0 Å². The smallest absolute Gasteiger partial charge is 0.330 e. The van der Waals surface area contributed by atoms with Crippen LogP contribution in [0.4, 0.5) is 0 Å². The van der Waals surface area contributed by atoms with Gasteiger partial charge in [-0.15, -0.1) is 0 Å². The van der Waals surface area contributed by atoms with Gasteiger partial charge in [0.1, 0.15) is 19.0 Å². The summed E-state index contributed by atoms with van der Waals surface area (Å²) in [6.45, 7) is 5.14. The first-order chi connectivity index (χ1) is 9.58. The quantitative estimate of drug-likeness (QED) is 0.272. The normalized spacial score (nSPS) is 10.8. The third-order valence-corrected chi connectivity index (χ3v) is 2.43. The lowest BCUT2D eigenvalue weighted by molar-refractivity contribution is -0.138. The summed E-state index contributed by atoms with van der Waals surface area (Å²) in [6, 6.07) is 6.46. The molecule has 0 atom stereocenters. The molecule has 0 amide bonds. The number of rotatable bonds is 7. The van der Waals surface area contributed by atoms with E-state index in [0.717, 1.165) is 12.3 Å². The minimum Gasteiger partial charge on any atom is -0.515 e. The Bertz CT molecular complexity index is 514. The van der Waals surface area contributed by atoms with Gasteiger partial charge >= 0.3 is 5.97 Å². The molecule has 0 aliphatic rings. The van der Waals surface area contributed by atoms with Crippen LogP contribution in [0.1, 0.15) is 17.3 Å². The average molecular weight is 276 g/mol. The van der Waals surface area contributed by atoms with Crippen molar-refractivity contribution in [3.63, 3.8) is 0 Å². The number of esters is 1. The van der Waals surface area contributed by atoms with E-state index in [1.165, 1.54) is 6.92 Å². The van der Waals surface area contributed by atoms with E-state index in [4.69, 9.17) is 14.6 Å². The maximum absolute atomic E-state index is 11.7. The fourth-order valence-corrected chi connectivity index (χ4v) is 1.35. The summed E-state index contributed by atoms with van der Waals surface area (Å²) >= 11 is 0. The van der Waals surface area contributed by atoms with Crippen molar-refractivity contribution in [3.05, 3.63) is 54.3 Å². The minimum absolute atomic E-state index is 0.123. The van der Waals surface area contributed by atoms with Gasteiger partial charge in [-0.1, -0.05) is 6.58 Å². The number of carbonyl (C=O) groups is 2. The van der Waals surface area contributed by atoms with E-state index in [-0.39, 0.29) is 24.6 Å². The molecule has 0 unspecified atom stereocenters. The number of allylic oxidation sites excluding steroid dienone is 1. The molecule has 106 valence electrons. The van der Waals surface area contributed by atoms with E-state index < -0.39 is 5.97 Å². The van der Waals surface area contributed by atoms with Crippen molar-refractivity contribution < 1.29 is 24.2 Å². The molecule has 0 saturated heterocycles. The Morgan fingerprint density at radius 1 is 1.25 bits per heavy atom. The van der Waals surface area contributed by atoms with Gasteiger partial charge in [-0.3, -0.25) is 4.79 Å². The van der Waals surface area contributed by atoms with Crippen molar-refractivity contribution in [1.29, 1.82) is 0 Å². The Labute approximate surface area is 117 Å². The largest absolute Gasteiger partial charge is 0.515 e. The number of ketones is 1. The van der Waals surface area contributed by atoms with Gasteiger partial charge in [-0.25, -0.2) is 4.79 Å². The highest BCUT2D eigenvalue weighted by molar-refractivity contribution is 6.08. The molecular formula is C15H16O5. The molecule has 20 heavy (non-hydrogen) atoms. The van der Waals surface area contributed by atoms with E-state index in [1.54, 1.807) is 24.3 Å². The van der Waals surface area contributed by atoms with Gasteiger partial charge in [0, 0.05) is 17.2 Å². The third kappa shape index (κ3) is 4.61. The lowest BCUT2D eigenvalue weighted by Gasteiger charge is -2.07. The first kappa shape index (κ1) is 15.5. The van der Waals surface area contributed by atoms with E-state index >= 15 is 0 Å². The van der Waals surface area contributed by atoms with Gasteiger partial charge in [0.05, 0.1) is 6.26 Å². The summed E-state index contributed by atoms with van der Waals surface area (Å²) in [5.74, 6) is -0.193. The molecule has 0 fully saturated rings. The van der Waals surface area contributed by atoms with Crippen LogP contribution in [0.15, 0.2) is 48.8 Å². The highest BCUT2D eigenvalue weighted by Gasteiger charge is 2.08. The number of hydrogen-bond acceptors (Lipinski definition) is 5. The van der Waals surface area contributed by atoms with Crippen LogP contribution in [0, 0.1) is 0 Å².